The van der Waals surface area contributed by atoms with Crippen molar-refractivity contribution in [3.63, 3.8) is 0 Å². The zero-order chi connectivity index (χ0) is 11.4. The van der Waals surface area contributed by atoms with Gasteiger partial charge in [-0.1, -0.05) is 19.9 Å². The third-order valence-corrected chi connectivity index (χ3v) is 3.23. The standard InChI is InChI=1S/C11H16O3S/c1-4-8(2)9-5-6-10(14-3)11(7-9)15(12)13/h5-8H,4H2,1-3H3,(H,12,13)/p-1. The molecular weight excluding hydrogens is 212 g/mol. The summed E-state index contributed by atoms with van der Waals surface area (Å²) >= 11 is -2.24. The van der Waals surface area contributed by atoms with Crippen molar-refractivity contribution in [1.29, 1.82) is 0 Å². The first-order valence-corrected chi connectivity index (χ1v) is 5.94. The minimum atomic E-state index is -2.24. The van der Waals surface area contributed by atoms with Crippen molar-refractivity contribution < 1.29 is 13.5 Å². The van der Waals surface area contributed by atoms with Crippen molar-refractivity contribution in [3.05, 3.63) is 23.8 Å². The Balaban J connectivity index is 3.16. The van der Waals surface area contributed by atoms with Gasteiger partial charge in [0, 0.05) is 0 Å². The van der Waals surface area contributed by atoms with Gasteiger partial charge in [-0.3, -0.25) is 4.21 Å². The molecule has 0 aliphatic heterocycles. The second-order valence-corrected chi connectivity index (χ2v) is 4.36. The molecule has 0 heterocycles. The van der Waals surface area contributed by atoms with Crippen LogP contribution in [-0.2, 0) is 11.1 Å². The Labute approximate surface area is 92.7 Å². The summed E-state index contributed by atoms with van der Waals surface area (Å²) in [5.41, 5.74) is 1.03. The lowest BCUT2D eigenvalue weighted by molar-refractivity contribution is 0.401. The summed E-state index contributed by atoms with van der Waals surface area (Å²) in [6.45, 7) is 4.14. The van der Waals surface area contributed by atoms with E-state index >= 15 is 0 Å². The molecule has 84 valence electrons. The number of methoxy groups -OCH3 is 1. The van der Waals surface area contributed by atoms with Crippen molar-refractivity contribution >= 4 is 11.1 Å². The van der Waals surface area contributed by atoms with Gasteiger partial charge in [-0.05, 0) is 41.1 Å². The Kier molecular flexibility index (Phi) is 4.29. The molecule has 0 N–H and O–H groups in total. The van der Waals surface area contributed by atoms with Gasteiger partial charge in [-0.25, -0.2) is 0 Å². The van der Waals surface area contributed by atoms with Crippen LogP contribution in [0.3, 0.4) is 0 Å². The molecule has 15 heavy (non-hydrogen) atoms. The summed E-state index contributed by atoms with van der Waals surface area (Å²) < 4.78 is 26.9. The Hall–Kier alpha value is -0.870. The van der Waals surface area contributed by atoms with Gasteiger partial charge >= 0.3 is 0 Å². The summed E-state index contributed by atoms with van der Waals surface area (Å²) in [4.78, 5) is 0.232. The van der Waals surface area contributed by atoms with Crippen LogP contribution in [0.25, 0.3) is 0 Å². The van der Waals surface area contributed by atoms with Gasteiger partial charge < -0.3 is 9.29 Å². The summed E-state index contributed by atoms with van der Waals surface area (Å²) in [6, 6.07) is 5.28. The quantitative estimate of drug-likeness (QED) is 0.742. The zero-order valence-electron chi connectivity index (χ0n) is 9.15. The van der Waals surface area contributed by atoms with E-state index in [1.807, 2.05) is 6.07 Å². The molecule has 0 fully saturated rings. The van der Waals surface area contributed by atoms with Crippen molar-refractivity contribution in [2.24, 2.45) is 0 Å². The molecule has 0 saturated carbocycles. The molecule has 0 spiro atoms. The lowest BCUT2D eigenvalue weighted by atomic mass is 9.99. The minimum Gasteiger partial charge on any atom is -0.768 e. The number of rotatable bonds is 4. The molecule has 1 rings (SSSR count). The first kappa shape index (κ1) is 12.2. The van der Waals surface area contributed by atoms with Crippen molar-refractivity contribution in [2.75, 3.05) is 7.11 Å². The van der Waals surface area contributed by atoms with E-state index in [1.54, 1.807) is 12.1 Å². The molecule has 4 heteroatoms. The Morgan fingerprint density at radius 2 is 2.20 bits per heavy atom. The Bertz CT molecular complexity index is 363. The molecule has 0 saturated heterocycles. The monoisotopic (exact) mass is 227 g/mol. The van der Waals surface area contributed by atoms with Crippen LogP contribution in [-0.4, -0.2) is 15.9 Å². The van der Waals surface area contributed by atoms with E-state index in [0.717, 1.165) is 12.0 Å². The maximum atomic E-state index is 11.0. The second kappa shape index (κ2) is 5.28. The molecule has 0 amide bonds. The maximum absolute atomic E-state index is 11.0. The third-order valence-electron chi connectivity index (χ3n) is 2.55. The highest BCUT2D eigenvalue weighted by Gasteiger charge is 2.08. The van der Waals surface area contributed by atoms with E-state index in [9.17, 15) is 8.76 Å². The molecule has 0 aromatic heterocycles. The van der Waals surface area contributed by atoms with Crippen molar-refractivity contribution in [1.82, 2.24) is 0 Å². The maximum Gasteiger partial charge on any atom is 0.133 e. The van der Waals surface area contributed by atoms with Crippen LogP contribution in [0.2, 0.25) is 0 Å². The molecule has 2 atom stereocenters. The van der Waals surface area contributed by atoms with Gasteiger partial charge in [0.2, 0.25) is 0 Å². The van der Waals surface area contributed by atoms with E-state index in [1.165, 1.54) is 7.11 Å². The van der Waals surface area contributed by atoms with Crippen LogP contribution in [0, 0.1) is 0 Å². The van der Waals surface area contributed by atoms with E-state index in [0.29, 0.717) is 11.7 Å². The predicted molar refractivity (Wildman–Crippen MR) is 58.9 cm³/mol. The molecular formula is C11H15O3S-. The Morgan fingerprint density at radius 1 is 1.53 bits per heavy atom. The average molecular weight is 227 g/mol. The van der Waals surface area contributed by atoms with Gasteiger partial charge in [0.15, 0.2) is 0 Å². The highest BCUT2D eigenvalue weighted by molar-refractivity contribution is 7.79. The van der Waals surface area contributed by atoms with Crippen molar-refractivity contribution in [3.8, 4) is 5.75 Å². The lowest BCUT2D eigenvalue weighted by Gasteiger charge is -2.15. The summed E-state index contributed by atoms with van der Waals surface area (Å²) in [5.74, 6) is 0.758. The fourth-order valence-corrected chi connectivity index (χ4v) is 1.91. The Morgan fingerprint density at radius 3 is 2.67 bits per heavy atom. The third kappa shape index (κ3) is 2.79. The molecule has 2 unspecified atom stereocenters. The summed E-state index contributed by atoms with van der Waals surface area (Å²) in [6.07, 6.45) is 0.983. The smallest absolute Gasteiger partial charge is 0.133 e. The highest BCUT2D eigenvalue weighted by Crippen LogP contribution is 2.27. The second-order valence-electron chi connectivity index (χ2n) is 3.45. The average Bonchev–Trinajstić information content (AvgIpc) is 2.27. The fraction of sp³-hybridized carbons (Fsp3) is 0.455. The van der Waals surface area contributed by atoms with Gasteiger partial charge in [0.05, 0.1) is 12.0 Å². The number of benzene rings is 1. The van der Waals surface area contributed by atoms with E-state index in [4.69, 9.17) is 4.74 Å². The fourth-order valence-electron chi connectivity index (χ4n) is 1.37. The van der Waals surface area contributed by atoms with E-state index in [-0.39, 0.29) is 4.90 Å². The normalized spacial score (nSPS) is 14.7. The van der Waals surface area contributed by atoms with Gasteiger partial charge in [-0.2, -0.15) is 0 Å². The number of hydrogen-bond acceptors (Lipinski definition) is 3. The van der Waals surface area contributed by atoms with Crippen LogP contribution in [0.4, 0.5) is 0 Å². The molecule has 0 aliphatic carbocycles. The van der Waals surface area contributed by atoms with Gasteiger partial charge in [0.1, 0.15) is 5.75 Å². The minimum absolute atomic E-state index is 0.232. The molecule has 1 aromatic rings. The van der Waals surface area contributed by atoms with Crippen LogP contribution in [0.5, 0.6) is 5.75 Å². The van der Waals surface area contributed by atoms with Crippen LogP contribution < -0.4 is 4.74 Å². The number of ether oxygens (including phenoxy) is 1. The van der Waals surface area contributed by atoms with Crippen LogP contribution in [0.1, 0.15) is 31.7 Å². The predicted octanol–water partition coefficient (Wildman–Crippen LogP) is 2.45. The summed E-state index contributed by atoms with van der Waals surface area (Å²) in [7, 11) is 1.47. The van der Waals surface area contributed by atoms with E-state index in [2.05, 4.69) is 13.8 Å². The van der Waals surface area contributed by atoms with Crippen LogP contribution in [0.15, 0.2) is 23.1 Å². The number of hydrogen-bond donors (Lipinski definition) is 0. The zero-order valence-corrected chi connectivity index (χ0v) is 9.97. The topological polar surface area (TPSA) is 49.4 Å². The molecule has 0 radical (unpaired) electrons. The summed E-state index contributed by atoms with van der Waals surface area (Å²) in [5, 5.41) is 0. The highest BCUT2D eigenvalue weighted by atomic mass is 32.2. The van der Waals surface area contributed by atoms with Crippen molar-refractivity contribution in [2.45, 2.75) is 31.1 Å². The lowest BCUT2D eigenvalue weighted by Crippen LogP contribution is -1.98. The molecule has 1 aromatic carbocycles. The van der Waals surface area contributed by atoms with Gasteiger partial charge in [-0.15, -0.1) is 0 Å². The largest absolute Gasteiger partial charge is 0.768 e. The SMILES string of the molecule is CCC(C)c1ccc(OC)c(S(=O)[O-])c1. The van der Waals surface area contributed by atoms with E-state index < -0.39 is 11.1 Å². The van der Waals surface area contributed by atoms with Gasteiger partial charge in [0.25, 0.3) is 0 Å². The van der Waals surface area contributed by atoms with Crippen LogP contribution >= 0.6 is 0 Å². The first-order chi connectivity index (χ1) is 7.10. The molecule has 3 nitrogen and oxygen atoms in total. The molecule has 0 aliphatic rings. The molecule has 0 bridgehead atoms. The first-order valence-electron chi connectivity index (χ1n) is 4.87.